The fourth-order valence-corrected chi connectivity index (χ4v) is 2.06. The van der Waals surface area contributed by atoms with Crippen molar-refractivity contribution >= 4 is 18.0 Å². The van der Waals surface area contributed by atoms with Gasteiger partial charge in [-0.1, -0.05) is 13.0 Å². The zero-order valence-corrected chi connectivity index (χ0v) is 14.4. The van der Waals surface area contributed by atoms with Gasteiger partial charge in [-0.05, 0) is 30.8 Å². The van der Waals surface area contributed by atoms with Crippen LogP contribution in [0.1, 0.15) is 35.7 Å². The van der Waals surface area contributed by atoms with Crippen LogP contribution >= 0.6 is 0 Å². The lowest BCUT2D eigenvalue weighted by Gasteiger charge is -2.17. The van der Waals surface area contributed by atoms with Crippen molar-refractivity contribution in [3.05, 3.63) is 35.4 Å². The third-order valence-electron chi connectivity index (χ3n) is 3.30. The second kappa shape index (κ2) is 10.5. The van der Waals surface area contributed by atoms with Crippen molar-refractivity contribution in [2.24, 2.45) is 0 Å². The highest BCUT2D eigenvalue weighted by molar-refractivity contribution is 5.96. The topological polar surface area (TPSA) is 91.3 Å². The van der Waals surface area contributed by atoms with Gasteiger partial charge in [-0.3, -0.25) is 9.59 Å². The molecule has 144 valence electrons. The fraction of sp³-hybridized carbons (Fsp3) is 0.471. The van der Waals surface area contributed by atoms with Gasteiger partial charge in [0, 0.05) is 18.6 Å². The van der Waals surface area contributed by atoms with Crippen molar-refractivity contribution in [3.8, 4) is 0 Å². The van der Waals surface area contributed by atoms with E-state index in [1.165, 1.54) is 6.07 Å². The lowest BCUT2D eigenvalue weighted by atomic mass is 10.1. The monoisotopic (exact) mass is 373 g/mol. The highest BCUT2D eigenvalue weighted by atomic mass is 19.4. The Morgan fingerprint density at radius 1 is 1.35 bits per heavy atom. The zero-order valence-electron chi connectivity index (χ0n) is 14.4. The van der Waals surface area contributed by atoms with Crippen LogP contribution in [0.15, 0.2) is 24.3 Å². The molecule has 0 radical (unpaired) electrons. The molecule has 0 aliphatic carbocycles. The van der Waals surface area contributed by atoms with E-state index in [2.05, 4.69) is 10.6 Å². The van der Waals surface area contributed by atoms with Gasteiger partial charge in [0.2, 0.25) is 5.91 Å². The van der Waals surface area contributed by atoms with Gasteiger partial charge in [0.15, 0.2) is 0 Å². The molecule has 3 N–H and O–H groups in total. The van der Waals surface area contributed by atoms with Crippen molar-refractivity contribution in [1.82, 2.24) is 10.6 Å². The molecule has 0 saturated carbocycles. The summed E-state index contributed by atoms with van der Waals surface area (Å²) in [6.45, 7) is 2.30. The molecule has 0 heterocycles. The van der Waals surface area contributed by atoms with Crippen LogP contribution in [0, 0.1) is 5.41 Å². The number of alkyl halides is 3. The van der Waals surface area contributed by atoms with E-state index < -0.39 is 36.1 Å². The number of halogens is 3. The maximum absolute atomic E-state index is 12.7. The molecule has 0 bridgehead atoms. The van der Waals surface area contributed by atoms with Crippen molar-refractivity contribution in [2.75, 3.05) is 19.8 Å². The fourth-order valence-electron chi connectivity index (χ4n) is 2.06. The molecule has 0 aliphatic rings. The number of amides is 2. The van der Waals surface area contributed by atoms with E-state index in [1.807, 2.05) is 6.92 Å². The minimum absolute atomic E-state index is 0.185. The highest BCUT2D eigenvalue weighted by Gasteiger charge is 2.30. The first-order valence-corrected chi connectivity index (χ1v) is 8.09. The Morgan fingerprint density at radius 2 is 2.08 bits per heavy atom. The van der Waals surface area contributed by atoms with E-state index in [0.717, 1.165) is 30.8 Å². The Bertz CT molecular complexity index is 621. The van der Waals surface area contributed by atoms with Crippen LogP contribution in [0.2, 0.25) is 0 Å². The van der Waals surface area contributed by atoms with Crippen LogP contribution in [-0.4, -0.2) is 43.8 Å². The van der Waals surface area contributed by atoms with Crippen molar-refractivity contribution < 1.29 is 27.5 Å². The van der Waals surface area contributed by atoms with Gasteiger partial charge in [-0.25, -0.2) is 0 Å². The van der Waals surface area contributed by atoms with Gasteiger partial charge in [0.05, 0.1) is 24.8 Å². The van der Waals surface area contributed by atoms with E-state index in [9.17, 15) is 22.8 Å². The van der Waals surface area contributed by atoms with Crippen LogP contribution in [-0.2, 0) is 15.7 Å². The van der Waals surface area contributed by atoms with Crippen LogP contribution < -0.4 is 10.6 Å². The first-order valence-electron chi connectivity index (χ1n) is 8.09. The minimum atomic E-state index is -4.55. The summed E-state index contributed by atoms with van der Waals surface area (Å²) in [6.07, 6.45) is -2.32. The quantitative estimate of drug-likeness (QED) is 0.434. The number of nitrogens with one attached hydrogen (secondary N) is 3. The van der Waals surface area contributed by atoms with Crippen molar-refractivity contribution in [2.45, 2.75) is 32.0 Å². The van der Waals surface area contributed by atoms with Gasteiger partial charge in [-0.15, -0.1) is 0 Å². The molecule has 1 atom stereocenters. The number of hydrogen-bond acceptors (Lipinski definition) is 4. The van der Waals surface area contributed by atoms with E-state index in [-0.39, 0.29) is 18.6 Å². The molecule has 1 aromatic rings. The Kier molecular flexibility index (Phi) is 8.77. The summed E-state index contributed by atoms with van der Waals surface area (Å²) < 4.78 is 43.3. The molecular weight excluding hydrogens is 351 g/mol. The molecule has 1 aromatic carbocycles. The minimum Gasteiger partial charge on any atom is -0.379 e. The van der Waals surface area contributed by atoms with Gasteiger partial charge < -0.3 is 20.8 Å². The summed E-state index contributed by atoms with van der Waals surface area (Å²) in [5.74, 6) is -1.30. The SMILES string of the molecule is CCCOCC(CC=N)NC(=O)CNC(=O)c1cccc(C(F)(F)F)c1. The second-order valence-corrected chi connectivity index (χ2v) is 5.54. The number of rotatable bonds is 10. The van der Waals surface area contributed by atoms with Gasteiger partial charge >= 0.3 is 6.18 Å². The number of ether oxygens (including phenoxy) is 1. The lowest BCUT2D eigenvalue weighted by Crippen LogP contribution is -2.44. The summed E-state index contributed by atoms with van der Waals surface area (Å²) in [5.41, 5.74) is -1.12. The second-order valence-electron chi connectivity index (χ2n) is 5.54. The third kappa shape index (κ3) is 7.64. The number of benzene rings is 1. The summed E-state index contributed by atoms with van der Waals surface area (Å²) in [4.78, 5) is 23.8. The van der Waals surface area contributed by atoms with Gasteiger partial charge in [-0.2, -0.15) is 13.2 Å². The maximum Gasteiger partial charge on any atom is 0.416 e. The summed E-state index contributed by atoms with van der Waals surface area (Å²) >= 11 is 0. The molecule has 1 unspecified atom stereocenters. The van der Waals surface area contributed by atoms with Crippen LogP contribution in [0.5, 0.6) is 0 Å². The van der Waals surface area contributed by atoms with Crippen molar-refractivity contribution in [3.63, 3.8) is 0 Å². The Hall–Kier alpha value is -2.42. The molecule has 0 saturated heterocycles. The molecule has 0 spiro atoms. The Morgan fingerprint density at radius 3 is 2.69 bits per heavy atom. The van der Waals surface area contributed by atoms with Crippen LogP contribution in [0.25, 0.3) is 0 Å². The number of carbonyl (C=O) groups excluding carboxylic acids is 2. The molecule has 1 rings (SSSR count). The van der Waals surface area contributed by atoms with E-state index in [0.29, 0.717) is 6.61 Å². The van der Waals surface area contributed by atoms with Gasteiger partial charge in [0.25, 0.3) is 5.91 Å². The summed E-state index contributed by atoms with van der Waals surface area (Å²) in [5, 5.41) is 12.0. The largest absolute Gasteiger partial charge is 0.416 e. The molecule has 9 heteroatoms. The standard InChI is InChI=1S/C17H22F3N3O3/c1-2-8-26-11-14(6-7-21)23-15(24)10-22-16(25)12-4-3-5-13(9-12)17(18,19)20/h3-5,7,9,14,21H,2,6,8,10-11H2,1H3,(H,22,25)(H,23,24). The number of hydrogen-bond donors (Lipinski definition) is 3. The number of carbonyl (C=O) groups is 2. The highest BCUT2D eigenvalue weighted by Crippen LogP contribution is 2.29. The molecule has 26 heavy (non-hydrogen) atoms. The normalized spacial score (nSPS) is 12.3. The average Bonchev–Trinajstić information content (AvgIpc) is 2.59. The Labute approximate surface area is 149 Å². The predicted octanol–water partition coefficient (Wildman–Crippen LogP) is 2.39. The third-order valence-corrected chi connectivity index (χ3v) is 3.30. The van der Waals surface area contributed by atoms with E-state index >= 15 is 0 Å². The van der Waals surface area contributed by atoms with Crippen molar-refractivity contribution in [1.29, 1.82) is 5.41 Å². The van der Waals surface area contributed by atoms with E-state index in [4.69, 9.17) is 10.1 Å². The summed E-state index contributed by atoms with van der Waals surface area (Å²) in [6, 6.07) is 3.55. The smallest absolute Gasteiger partial charge is 0.379 e. The van der Waals surface area contributed by atoms with Gasteiger partial charge in [0.1, 0.15) is 0 Å². The lowest BCUT2D eigenvalue weighted by molar-refractivity contribution is -0.137. The molecule has 0 aromatic heterocycles. The molecule has 0 fully saturated rings. The van der Waals surface area contributed by atoms with E-state index in [1.54, 1.807) is 0 Å². The first-order chi connectivity index (χ1) is 12.3. The predicted molar refractivity (Wildman–Crippen MR) is 90.2 cm³/mol. The van der Waals surface area contributed by atoms with Crippen LogP contribution in [0.4, 0.5) is 13.2 Å². The van der Waals surface area contributed by atoms with Crippen LogP contribution in [0.3, 0.4) is 0 Å². The molecular formula is C17H22F3N3O3. The zero-order chi connectivity index (χ0) is 19.6. The first kappa shape index (κ1) is 21.6. The molecule has 6 nitrogen and oxygen atoms in total. The maximum atomic E-state index is 12.7. The summed E-state index contributed by atoms with van der Waals surface area (Å²) in [7, 11) is 0. The average molecular weight is 373 g/mol. The Balaban J connectivity index is 2.55. The molecule has 0 aliphatic heterocycles. The molecule has 2 amide bonds.